The smallest absolute Gasteiger partial charge is 0.204 e. The molecule has 2 N–H and O–H groups in total. The Labute approximate surface area is 313 Å². The third kappa shape index (κ3) is 6.14. The van der Waals surface area contributed by atoms with Crippen LogP contribution in [-0.2, 0) is 14.2 Å². The molecule has 0 saturated heterocycles. The van der Waals surface area contributed by atoms with Gasteiger partial charge in [0.05, 0.1) is 11.4 Å². The third-order valence-electron chi connectivity index (χ3n) is 9.83. The Morgan fingerprint density at radius 1 is 0.481 bits per heavy atom. The highest BCUT2D eigenvalue weighted by Gasteiger charge is 2.33. The zero-order chi connectivity index (χ0) is 36.4. The van der Waals surface area contributed by atoms with Crippen LogP contribution in [-0.4, -0.2) is 33.7 Å². The van der Waals surface area contributed by atoms with Gasteiger partial charge in [-0.2, -0.15) is 0 Å². The molecule has 2 aliphatic heterocycles. The SMILES string of the molecule is CCO[C@H]1O[C@H](OC)c2nc1c(-c1ccccc1)c1ccc([nH]1)c(-c1ccccc1)c1nc(c(-c3ccccc3)c3ccc([nH]3)c2-c2ccccc2)C=C1. The molecule has 0 unspecified atom stereocenters. The maximum Gasteiger partial charge on any atom is 0.204 e. The number of hydrogen-bond donors (Lipinski definition) is 2. The number of hydrogen-bond acceptors (Lipinski definition) is 5. The van der Waals surface area contributed by atoms with Gasteiger partial charge in [-0.3, -0.25) is 0 Å². The summed E-state index contributed by atoms with van der Waals surface area (Å²) in [7, 11) is 1.64. The molecular weight excluding hydrogens is 669 g/mol. The monoisotopic (exact) mass is 706 g/mol. The summed E-state index contributed by atoms with van der Waals surface area (Å²) in [6.07, 6.45) is 2.59. The number of fused-ring (bicyclic) bond motifs is 8. The zero-order valence-corrected chi connectivity index (χ0v) is 30.0. The number of aromatic amines is 2. The van der Waals surface area contributed by atoms with E-state index < -0.39 is 12.6 Å². The molecular formula is C47H38N4O3. The number of methoxy groups -OCH3 is 1. The summed E-state index contributed by atoms with van der Waals surface area (Å²) in [4.78, 5) is 18.5. The van der Waals surface area contributed by atoms with Gasteiger partial charge in [-0.1, -0.05) is 121 Å². The predicted octanol–water partition coefficient (Wildman–Crippen LogP) is 11.6. The number of nitrogens with zero attached hydrogens (tertiary/aromatic N) is 2. The van der Waals surface area contributed by atoms with E-state index in [1.807, 2.05) is 55.5 Å². The van der Waals surface area contributed by atoms with Crippen molar-refractivity contribution in [3.63, 3.8) is 0 Å². The topological polar surface area (TPSA) is 85.0 Å². The normalized spacial score (nSPS) is 15.3. The Morgan fingerprint density at radius 2 is 0.852 bits per heavy atom. The van der Waals surface area contributed by atoms with Crippen LogP contribution in [0.3, 0.4) is 0 Å². The van der Waals surface area contributed by atoms with E-state index in [-0.39, 0.29) is 0 Å². The van der Waals surface area contributed by atoms with Crippen LogP contribution >= 0.6 is 0 Å². The molecule has 0 saturated carbocycles. The molecule has 0 amide bonds. The minimum atomic E-state index is -0.822. The second kappa shape index (κ2) is 14.6. The lowest BCUT2D eigenvalue weighted by atomic mass is 10.0. The van der Waals surface area contributed by atoms with Crippen molar-refractivity contribution in [3.8, 4) is 44.5 Å². The van der Waals surface area contributed by atoms with Crippen LogP contribution in [0.1, 0.15) is 42.3 Å². The van der Waals surface area contributed by atoms with Gasteiger partial charge in [-0.25, -0.2) is 9.97 Å². The second-order valence-corrected chi connectivity index (χ2v) is 13.1. The predicted molar refractivity (Wildman–Crippen MR) is 217 cm³/mol. The molecule has 7 aromatic rings. The van der Waals surface area contributed by atoms with Crippen molar-refractivity contribution in [3.05, 3.63) is 168 Å². The molecule has 0 radical (unpaired) electrons. The van der Waals surface area contributed by atoms with Gasteiger partial charge in [0.25, 0.3) is 0 Å². The molecule has 7 nitrogen and oxygen atoms in total. The van der Waals surface area contributed by atoms with Gasteiger partial charge in [0.15, 0.2) is 0 Å². The average Bonchev–Trinajstić information content (AvgIpc) is 4.01. The van der Waals surface area contributed by atoms with Crippen molar-refractivity contribution in [1.29, 1.82) is 0 Å². The van der Waals surface area contributed by atoms with Gasteiger partial charge >= 0.3 is 0 Å². The molecule has 0 aliphatic carbocycles. The Bertz CT molecular complexity index is 2630. The summed E-state index contributed by atoms with van der Waals surface area (Å²) in [6, 6.07) is 49.8. The van der Waals surface area contributed by atoms with Crippen LogP contribution in [0.25, 0.3) is 78.7 Å². The van der Waals surface area contributed by atoms with Crippen molar-refractivity contribution in [2.75, 3.05) is 13.7 Å². The van der Waals surface area contributed by atoms with Crippen molar-refractivity contribution in [1.82, 2.24) is 19.9 Å². The van der Waals surface area contributed by atoms with E-state index in [0.29, 0.717) is 18.0 Å². The summed E-state index contributed by atoms with van der Waals surface area (Å²) in [5.74, 6) is 0. The van der Waals surface area contributed by atoms with Gasteiger partial charge in [0, 0.05) is 58.0 Å². The highest BCUT2D eigenvalue weighted by molar-refractivity contribution is 5.97. The second-order valence-electron chi connectivity index (χ2n) is 13.1. The summed E-state index contributed by atoms with van der Waals surface area (Å²) in [5, 5.41) is 0. The van der Waals surface area contributed by atoms with Gasteiger partial charge < -0.3 is 24.2 Å². The average molecular weight is 707 g/mol. The molecule has 0 fully saturated rings. The summed E-state index contributed by atoms with van der Waals surface area (Å²) in [6.45, 7) is 2.37. The molecule has 4 aromatic carbocycles. The molecule has 0 spiro atoms. The quantitative estimate of drug-likeness (QED) is 0.172. The van der Waals surface area contributed by atoms with Crippen LogP contribution < -0.4 is 0 Å². The maximum atomic E-state index is 6.75. The lowest BCUT2D eigenvalue weighted by molar-refractivity contribution is -0.254. The highest BCUT2D eigenvalue weighted by Crippen LogP contribution is 2.43. The van der Waals surface area contributed by atoms with Crippen LogP contribution in [0.2, 0.25) is 0 Å². The van der Waals surface area contributed by atoms with Crippen molar-refractivity contribution < 1.29 is 14.2 Å². The first-order valence-corrected chi connectivity index (χ1v) is 18.2. The molecule has 264 valence electrons. The Hall–Kier alpha value is -6.38. The van der Waals surface area contributed by atoms with Crippen LogP contribution in [0, 0.1) is 0 Å². The molecule has 5 heterocycles. The van der Waals surface area contributed by atoms with Gasteiger partial charge in [-0.15, -0.1) is 0 Å². The van der Waals surface area contributed by atoms with Gasteiger partial charge in [0.2, 0.25) is 12.6 Å². The summed E-state index contributed by atoms with van der Waals surface area (Å²) in [5.41, 5.74) is 14.3. The number of nitrogens with one attached hydrogen (secondary N) is 2. The standard InChI is InChI=1S/C47H38N4O3/c1-3-53-47-45-43(33-22-14-7-15-23-33)39-29-27-37(50-39)41(31-18-10-5-11-19-31)35-25-24-34(48-35)40(30-16-8-4-9-17-30)36-26-28-38(49-36)42(32-20-12-6-13-21-32)44(51-45)46(52-2)54-47/h4-29,46-47,49-50H,3H2,1-2H3/t46-,47-/m0/s1. The zero-order valence-electron chi connectivity index (χ0n) is 30.0. The minimum absolute atomic E-state index is 0.414. The fourth-order valence-electron chi connectivity index (χ4n) is 7.46. The lowest BCUT2D eigenvalue weighted by Gasteiger charge is -2.30. The minimum Gasteiger partial charge on any atom is -0.354 e. The van der Waals surface area contributed by atoms with E-state index in [9.17, 15) is 0 Å². The number of rotatable bonds is 7. The van der Waals surface area contributed by atoms with Crippen LogP contribution in [0.4, 0.5) is 0 Å². The van der Waals surface area contributed by atoms with E-state index >= 15 is 0 Å². The molecule has 8 bridgehead atoms. The fraction of sp³-hybridized carbons (Fsp3) is 0.106. The number of aromatic nitrogens is 4. The summed E-state index contributed by atoms with van der Waals surface area (Å²) < 4.78 is 19.2. The molecule has 2 aliphatic rings. The molecule has 7 heteroatoms. The van der Waals surface area contributed by atoms with Gasteiger partial charge in [0.1, 0.15) is 11.4 Å². The largest absolute Gasteiger partial charge is 0.354 e. The maximum absolute atomic E-state index is 6.75. The van der Waals surface area contributed by atoms with E-state index in [1.165, 1.54) is 0 Å². The van der Waals surface area contributed by atoms with Crippen molar-refractivity contribution >= 4 is 34.2 Å². The number of H-pyrrole nitrogens is 2. The summed E-state index contributed by atoms with van der Waals surface area (Å²) >= 11 is 0. The van der Waals surface area contributed by atoms with Crippen molar-refractivity contribution in [2.45, 2.75) is 19.5 Å². The molecule has 2 atom stereocenters. The first-order chi connectivity index (χ1) is 26.7. The number of ether oxygens (including phenoxy) is 3. The molecule has 54 heavy (non-hydrogen) atoms. The van der Waals surface area contributed by atoms with E-state index in [1.54, 1.807) is 7.11 Å². The fourth-order valence-corrected chi connectivity index (χ4v) is 7.46. The Morgan fingerprint density at radius 3 is 1.24 bits per heavy atom. The Balaban J connectivity index is 1.53. The van der Waals surface area contributed by atoms with E-state index in [2.05, 4.69) is 119 Å². The van der Waals surface area contributed by atoms with E-state index in [0.717, 1.165) is 78.0 Å². The molecule has 9 rings (SSSR count). The third-order valence-corrected chi connectivity index (χ3v) is 9.83. The van der Waals surface area contributed by atoms with Crippen LogP contribution in [0.5, 0.6) is 0 Å². The van der Waals surface area contributed by atoms with Gasteiger partial charge in [-0.05, 0) is 65.6 Å². The number of benzene rings is 4. The highest BCUT2D eigenvalue weighted by atomic mass is 16.8. The first kappa shape index (κ1) is 33.5. The van der Waals surface area contributed by atoms with Crippen molar-refractivity contribution in [2.24, 2.45) is 0 Å². The first-order valence-electron chi connectivity index (χ1n) is 18.2. The Kier molecular flexibility index (Phi) is 9.02. The van der Waals surface area contributed by atoms with E-state index in [4.69, 9.17) is 24.2 Å². The van der Waals surface area contributed by atoms with Crippen LogP contribution in [0.15, 0.2) is 146 Å². The molecule has 3 aromatic heterocycles. The lowest BCUT2D eigenvalue weighted by Crippen LogP contribution is -2.23.